The molecule has 0 aliphatic carbocycles. The van der Waals surface area contributed by atoms with Crippen molar-refractivity contribution in [2.75, 3.05) is 6.61 Å². The van der Waals surface area contributed by atoms with Crippen LogP contribution < -0.4 is 4.74 Å². The van der Waals surface area contributed by atoms with Gasteiger partial charge < -0.3 is 9.84 Å². The van der Waals surface area contributed by atoms with Gasteiger partial charge in [-0.15, -0.1) is 0 Å². The summed E-state index contributed by atoms with van der Waals surface area (Å²) in [6.07, 6.45) is 0.807. The highest BCUT2D eigenvalue weighted by atomic mass is 16.5. The Labute approximate surface area is 122 Å². The molecule has 1 aliphatic heterocycles. The molecule has 21 heavy (non-hydrogen) atoms. The fraction of sp³-hybridized carbons (Fsp3) is 0.312. The van der Waals surface area contributed by atoms with E-state index in [4.69, 9.17) is 4.74 Å². The van der Waals surface area contributed by atoms with Gasteiger partial charge in [-0.2, -0.15) is 0 Å². The van der Waals surface area contributed by atoms with Gasteiger partial charge in [-0.05, 0) is 31.9 Å². The van der Waals surface area contributed by atoms with E-state index in [2.05, 4.69) is 9.97 Å². The first-order chi connectivity index (χ1) is 10.1. The molecule has 1 aromatic carbocycles. The van der Waals surface area contributed by atoms with E-state index in [1.165, 1.54) is 0 Å². The fourth-order valence-corrected chi connectivity index (χ4v) is 2.73. The van der Waals surface area contributed by atoms with Crippen LogP contribution in [0.1, 0.15) is 39.1 Å². The summed E-state index contributed by atoms with van der Waals surface area (Å²) in [6.45, 7) is 3.93. The maximum absolute atomic E-state index is 11.2. The molecule has 108 valence electrons. The summed E-state index contributed by atoms with van der Waals surface area (Å²) in [4.78, 5) is 19.9. The Morgan fingerprint density at radius 2 is 1.90 bits per heavy atom. The number of carboxylic acids is 1. The molecule has 5 heteroatoms. The van der Waals surface area contributed by atoms with E-state index in [0.29, 0.717) is 23.8 Å². The van der Waals surface area contributed by atoms with E-state index >= 15 is 0 Å². The van der Waals surface area contributed by atoms with Crippen molar-refractivity contribution < 1.29 is 14.6 Å². The molecule has 1 aliphatic rings. The number of hydrogen-bond donors (Lipinski definition) is 1. The summed E-state index contributed by atoms with van der Waals surface area (Å²) >= 11 is 0. The van der Waals surface area contributed by atoms with Crippen LogP contribution in [0.2, 0.25) is 0 Å². The number of benzene rings is 1. The van der Waals surface area contributed by atoms with Gasteiger partial charge in [-0.1, -0.05) is 18.2 Å². The summed E-state index contributed by atoms with van der Waals surface area (Å²) in [7, 11) is 0. The Kier molecular flexibility index (Phi) is 3.33. The SMILES string of the molecule is Cc1nc(C2COc3ccccc3C2)nc(C)c1C(=O)O. The monoisotopic (exact) mass is 284 g/mol. The molecule has 1 N–H and O–H groups in total. The van der Waals surface area contributed by atoms with E-state index in [-0.39, 0.29) is 11.5 Å². The maximum atomic E-state index is 11.2. The molecule has 0 saturated carbocycles. The van der Waals surface area contributed by atoms with E-state index in [0.717, 1.165) is 17.7 Å². The lowest BCUT2D eigenvalue weighted by Gasteiger charge is -2.24. The summed E-state index contributed by atoms with van der Waals surface area (Å²) in [5, 5.41) is 9.17. The van der Waals surface area contributed by atoms with E-state index in [1.807, 2.05) is 24.3 Å². The second-order valence-corrected chi connectivity index (χ2v) is 5.25. The normalized spacial score (nSPS) is 17.0. The van der Waals surface area contributed by atoms with Crippen LogP contribution >= 0.6 is 0 Å². The molecular weight excluding hydrogens is 268 g/mol. The molecule has 3 rings (SSSR count). The highest BCUT2D eigenvalue weighted by Crippen LogP contribution is 2.31. The third kappa shape index (κ3) is 2.46. The fourth-order valence-electron chi connectivity index (χ4n) is 2.73. The van der Waals surface area contributed by atoms with Crippen LogP contribution in [-0.2, 0) is 6.42 Å². The molecule has 1 aromatic heterocycles. The molecule has 0 saturated heterocycles. The van der Waals surface area contributed by atoms with Crippen molar-refractivity contribution in [3.8, 4) is 5.75 Å². The lowest BCUT2D eigenvalue weighted by atomic mass is 9.95. The molecule has 5 nitrogen and oxygen atoms in total. The lowest BCUT2D eigenvalue weighted by molar-refractivity contribution is 0.0694. The molecule has 0 fully saturated rings. The van der Waals surface area contributed by atoms with Crippen LogP contribution in [0.4, 0.5) is 0 Å². The topological polar surface area (TPSA) is 72.3 Å². The molecule has 1 unspecified atom stereocenters. The molecule has 0 bridgehead atoms. The van der Waals surface area contributed by atoms with E-state index in [1.54, 1.807) is 13.8 Å². The number of para-hydroxylation sites is 1. The zero-order valence-electron chi connectivity index (χ0n) is 12.0. The number of ether oxygens (including phenoxy) is 1. The lowest BCUT2D eigenvalue weighted by Crippen LogP contribution is -2.22. The number of carboxylic acid groups (broad SMARTS) is 1. The van der Waals surface area contributed by atoms with Gasteiger partial charge in [-0.25, -0.2) is 14.8 Å². The van der Waals surface area contributed by atoms with Crippen molar-refractivity contribution in [1.82, 2.24) is 9.97 Å². The maximum Gasteiger partial charge on any atom is 0.339 e. The number of aromatic nitrogens is 2. The van der Waals surface area contributed by atoms with Gasteiger partial charge in [0.25, 0.3) is 0 Å². The van der Waals surface area contributed by atoms with Crippen LogP contribution in [0.5, 0.6) is 5.75 Å². The Morgan fingerprint density at radius 1 is 1.24 bits per heavy atom. The Morgan fingerprint density at radius 3 is 2.57 bits per heavy atom. The Hall–Kier alpha value is -2.43. The minimum absolute atomic E-state index is 0.0557. The first-order valence-electron chi connectivity index (χ1n) is 6.85. The van der Waals surface area contributed by atoms with Crippen LogP contribution in [0, 0.1) is 13.8 Å². The highest BCUT2D eigenvalue weighted by molar-refractivity contribution is 5.89. The van der Waals surface area contributed by atoms with Crippen molar-refractivity contribution in [3.63, 3.8) is 0 Å². The van der Waals surface area contributed by atoms with Gasteiger partial charge in [0.05, 0.1) is 23.9 Å². The van der Waals surface area contributed by atoms with E-state index < -0.39 is 5.97 Å². The predicted octanol–water partition coefficient (Wildman–Crippen LogP) is 2.51. The minimum Gasteiger partial charge on any atom is -0.493 e. The number of nitrogens with zero attached hydrogens (tertiary/aromatic N) is 2. The summed E-state index contributed by atoms with van der Waals surface area (Å²) in [5.41, 5.74) is 2.33. The molecular formula is C16H16N2O3. The number of hydrogen-bond acceptors (Lipinski definition) is 4. The molecule has 0 spiro atoms. The molecule has 0 amide bonds. The second kappa shape index (κ2) is 5.16. The Bertz CT molecular complexity index is 689. The standard InChI is InChI=1S/C16H16N2O3/c1-9-14(16(19)20)10(2)18-15(17-9)12-7-11-5-3-4-6-13(11)21-8-12/h3-6,12H,7-8H2,1-2H3,(H,19,20). The van der Waals surface area contributed by atoms with Gasteiger partial charge in [0.2, 0.25) is 0 Å². The van der Waals surface area contributed by atoms with Gasteiger partial charge in [0, 0.05) is 0 Å². The van der Waals surface area contributed by atoms with E-state index in [9.17, 15) is 9.90 Å². The van der Waals surface area contributed by atoms with Crippen LogP contribution in [0.3, 0.4) is 0 Å². The summed E-state index contributed by atoms with van der Waals surface area (Å²) in [5.74, 6) is 0.635. The zero-order valence-corrected chi connectivity index (χ0v) is 12.0. The number of fused-ring (bicyclic) bond motifs is 1. The van der Waals surface area contributed by atoms with Gasteiger partial charge >= 0.3 is 5.97 Å². The second-order valence-electron chi connectivity index (χ2n) is 5.25. The van der Waals surface area contributed by atoms with Crippen molar-refractivity contribution in [2.24, 2.45) is 0 Å². The van der Waals surface area contributed by atoms with Crippen molar-refractivity contribution in [3.05, 3.63) is 52.6 Å². The number of carbonyl (C=O) groups is 1. The Balaban J connectivity index is 1.94. The largest absolute Gasteiger partial charge is 0.493 e. The molecule has 1 atom stereocenters. The molecule has 0 radical (unpaired) electrons. The first kappa shape index (κ1) is 13.5. The van der Waals surface area contributed by atoms with Crippen molar-refractivity contribution in [1.29, 1.82) is 0 Å². The average Bonchev–Trinajstić information content (AvgIpc) is 2.45. The third-order valence-corrected chi connectivity index (χ3v) is 3.75. The first-order valence-corrected chi connectivity index (χ1v) is 6.85. The van der Waals surface area contributed by atoms with Crippen LogP contribution in [0.25, 0.3) is 0 Å². The molecule has 2 heterocycles. The number of aryl methyl sites for hydroxylation is 2. The van der Waals surface area contributed by atoms with Crippen LogP contribution in [-0.4, -0.2) is 27.7 Å². The summed E-state index contributed by atoms with van der Waals surface area (Å²) < 4.78 is 5.75. The smallest absolute Gasteiger partial charge is 0.339 e. The van der Waals surface area contributed by atoms with Gasteiger partial charge in [-0.3, -0.25) is 0 Å². The third-order valence-electron chi connectivity index (χ3n) is 3.75. The zero-order chi connectivity index (χ0) is 15.0. The number of rotatable bonds is 2. The predicted molar refractivity (Wildman–Crippen MR) is 76.8 cm³/mol. The van der Waals surface area contributed by atoms with Crippen LogP contribution in [0.15, 0.2) is 24.3 Å². The molecule has 2 aromatic rings. The number of aromatic carboxylic acids is 1. The van der Waals surface area contributed by atoms with Gasteiger partial charge in [0.1, 0.15) is 17.1 Å². The van der Waals surface area contributed by atoms with Gasteiger partial charge in [0.15, 0.2) is 0 Å². The average molecular weight is 284 g/mol. The highest BCUT2D eigenvalue weighted by Gasteiger charge is 2.25. The summed E-state index contributed by atoms with van der Waals surface area (Å²) in [6, 6.07) is 7.92. The van der Waals surface area contributed by atoms with Crippen molar-refractivity contribution in [2.45, 2.75) is 26.2 Å². The quantitative estimate of drug-likeness (QED) is 0.917. The van der Waals surface area contributed by atoms with Crippen molar-refractivity contribution >= 4 is 5.97 Å². The minimum atomic E-state index is -0.984.